The van der Waals surface area contributed by atoms with E-state index in [4.69, 9.17) is 0 Å². The van der Waals surface area contributed by atoms with Crippen LogP contribution in [0.3, 0.4) is 0 Å². The van der Waals surface area contributed by atoms with Gasteiger partial charge >= 0.3 is 0 Å². The number of nitrogens with zero attached hydrogens (tertiary/aromatic N) is 4. The second-order valence-electron chi connectivity index (χ2n) is 4.55. The standard InChI is InChI=1S/C11H19N5/c1-8-9(2)14-15-11(12-8)13-10-5-4-6-16(3)7-10/h10H,4-7H2,1-3H3,(H,12,13,15). The van der Waals surface area contributed by atoms with Crippen molar-refractivity contribution < 1.29 is 0 Å². The summed E-state index contributed by atoms with van der Waals surface area (Å²) < 4.78 is 0. The number of piperidine rings is 1. The summed E-state index contributed by atoms with van der Waals surface area (Å²) in [6.45, 7) is 6.12. The first-order chi connectivity index (χ1) is 7.65. The fourth-order valence-electron chi connectivity index (χ4n) is 1.98. The number of hydrogen-bond donors (Lipinski definition) is 1. The molecule has 1 saturated heterocycles. The highest BCUT2D eigenvalue weighted by atomic mass is 15.3. The Balaban J connectivity index is 2.00. The molecule has 2 heterocycles. The summed E-state index contributed by atoms with van der Waals surface area (Å²) in [7, 11) is 2.15. The molecular formula is C11H19N5. The Morgan fingerprint density at radius 2 is 2.06 bits per heavy atom. The molecule has 1 aliphatic rings. The van der Waals surface area contributed by atoms with E-state index < -0.39 is 0 Å². The van der Waals surface area contributed by atoms with Gasteiger partial charge in [0.1, 0.15) is 0 Å². The molecule has 0 bridgehead atoms. The van der Waals surface area contributed by atoms with Crippen molar-refractivity contribution in [2.24, 2.45) is 0 Å². The van der Waals surface area contributed by atoms with Crippen LogP contribution < -0.4 is 5.32 Å². The number of anilines is 1. The van der Waals surface area contributed by atoms with E-state index in [0.717, 1.165) is 17.9 Å². The summed E-state index contributed by atoms with van der Waals surface area (Å²) in [5.41, 5.74) is 1.84. The van der Waals surface area contributed by atoms with Crippen LogP contribution in [-0.2, 0) is 0 Å². The second kappa shape index (κ2) is 4.74. The van der Waals surface area contributed by atoms with Crippen molar-refractivity contribution in [2.75, 3.05) is 25.5 Å². The highest BCUT2D eigenvalue weighted by Crippen LogP contribution is 2.12. The number of rotatable bonds is 2. The highest BCUT2D eigenvalue weighted by molar-refractivity contribution is 5.26. The number of aromatic nitrogens is 3. The number of aryl methyl sites for hydroxylation is 2. The summed E-state index contributed by atoms with van der Waals surface area (Å²) in [4.78, 5) is 6.72. The summed E-state index contributed by atoms with van der Waals surface area (Å²) >= 11 is 0. The molecule has 1 fully saturated rings. The molecule has 1 atom stereocenters. The molecular weight excluding hydrogens is 202 g/mol. The van der Waals surface area contributed by atoms with E-state index in [0.29, 0.717) is 12.0 Å². The molecule has 1 aromatic heterocycles. The van der Waals surface area contributed by atoms with Crippen LogP contribution in [0.4, 0.5) is 5.95 Å². The lowest BCUT2D eigenvalue weighted by atomic mass is 10.1. The maximum Gasteiger partial charge on any atom is 0.243 e. The topological polar surface area (TPSA) is 53.9 Å². The zero-order valence-electron chi connectivity index (χ0n) is 10.2. The van der Waals surface area contributed by atoms with Crippen molar-refractivity contribution in [3.8, 4) is 0 Å². The van der Waals surface area contributed by atoms with Crippen molar-refractivity contribution in [2.45, 2.75) is 32.7 Å². The lowest BCUT2D eigenvalue weighted by molar-refractivity contribution is 0.260. The van der Waals surface area contributed by atoms with E-state index in [1.54, 1.807) is 0 Å². The third kappa shape index (κ3) is 2.66. The van der Waals surface area contributed by atoms with Crippen molar-refractivity contribution >= 4 is 5.95 Å². The Bertz CT molecular complexity index is 365. The van der Waals surface area contributed by atoms with Gasteiger partial charge in [0.05, 0.1) is 11.4 Å². The van der Waals surface area contributed by atoms with Gasteiger partial charge in [-0.3, -0.25) is 0 Å². The monoisotopic (exact) mass is 221 g/mol. The molecule has 0 spiro atoms. The smallest absolute Gasteiger partial charge is 0.243 e. The van der Waals surface area contributed by atoms with Gasteiger partial charge in [0.25, 0.3) is 0 Å². The Hall–Kier alpha value is -1.23. The number of nitrogens with one attached hydrogen (secondary N) is 1. The number of hydrogen-bond acceptors (Lipinski definition) is 5. The molecule has 1 unspecified atom stereocenters. The summed E-state index contributed by atoms with van der Waals surface area (Å²) in [6.07, 6.45) is 2.41. The normalized spacial score (nSPS) is 22.1. The van der Waals surface area contributed by atoms with Crippen LogP contribution in [0.1, 0.15) is 24.2 Å². The van der Waals surface area contributed by atoms with Crippen LogP contribution in [0, 0.1) is 13.8 Å². The van der Waals surface area contributed by atoms with Gasteiger partial charge in [0.15, 0.2) is 0 Å². The van der Waals surface area contributed by atoms with Gasteiger partial charge in [-0.1, -0.05) is 0 Å². The van der Waals surface area contributed by atoms with E-state index in [9.17, 15) is 0 Å². The van der Waals surface area contributed by atoms with E-state index in [2.05, 4.69) is 32.4 Å². The predicted octanol–water partition coefficient (Wildman–Crippen LogP) is 0.995. The first-order valence-corrected chi connectivity index (χ1v) is 5.78. The summed E-state index contributed by atoms with van der Waals surface area (Å²) in [5, 5.41) is 11.5. The van der Waals surface area contributed by atoms with Gasteiger partial charge in [0, 0.05) is 12.6 Å². The van der Waals surface area contributed by atoms with E-state index in [-0.39, 0.29) is 0 Å². The maximum atomic E-state index is 4.39. The van der Waals surface area contributed by atoms with Crippen LogP contribution in [-0.4, -0.2) is 46.3 Å². The number of likely N-dealkylation sites (N-methyl/N-ethyl adjacent to an activating group) is 1. The lowest BCUT2D eigenvalue weighted by Crippen LogP contribution is -2.40. The molecule has 5 nitrogen and oxygen atoms in total. The largest absolute Gasteiger partial charge is 0.349 e. The second-order valence-corrected chi connectivity index (χ2v) is 4.55. The molecule has 1 N–H and O–H groups in total. The molecule has 1 aromatic rings. The van der Waals surface area contributed by atoms with Crippen LogP contribution in [0.5, 0.6) is 0 Å². The van der Waals surface area contributed by atoms with Crippen molar-refractivity contribution in [3.63, 3.8) is 0 Å². The van der Waals surface area contributed by atoms with E-state index in [1.807, 2.05) is 13.8 Å². The van der Waals surface area contributed by atoms with Crippen molar-refractivity contribution in [1.82, 2.24) is 20.1 Å². The fraction of sp³-hybridized carbons (Fsp3) is 0.727. The minimum absolute atomic E-state index is 0.447. The quantitative estimate of drug-likeness (QED) is 0.807. The minimum Gasteiger partial charge on any atom is -0.349 e. The molecule has 0 amide bonds. The minimum atomic E-state index is 0.447. The molecule has 1 aliphatic heterocycles. The van der Waals surface area contributed by atoms with E-state index in [1.165, 1.54) is 19.4 Å². The van der Waals surface area contributed by atoms with Gasteiger partial charge < -0.3 is 10.2 Å². The molecule has 2 rings (SSSR count). The lowest BCUT2D eigenvalue weighted by Gasteiger charge is -2.30. The Kier molecular flexibility index (Phi) is 3.33. The number of likely N-dealkylation sites (tertiary alicyclic amines) is 1. The van der Waals surface area contributed by atoms with Gasteiger partial charge in [-0.25, -0.2) is 4.98 Å². The summed E-state index contributed by atoms with van der Waals surface area (Å²) in [5.74, 6) is 0.656. The van der Waals surface area contributed by atoms with Crippen LogP contribution in [0.15, 0.2) is 0 Å². The first kappa shape index (κ1) is 11.3. The molecule has 0 aliphatic carbocycles. The molecule has 0 radical (unpaired) electrons. The Morgan fingerprint density at radius 1 is 1.25 bits per heavy atom. The van der Waals surface area contributed by atoms with Crippen molar-refractivity contribution in [3.05, 3.63) is 11.4 Å². The fourth-order valence-corrected chi connectivity index (χ4v) is 1.98. The van der Waals surface area contributed by atoms with Gasteiger partial charge in [-0.05, 0) is 40.3 Å². The van der Waals surface area contributed by atoms with Gasteiger partial charge in [0.2, 0.25) is 5.95 Å². The van der Waals surface area contributed by atoms with Crippen LogP contribution in [0.2, 0.25) is 0 Å². The van der Waals surface area contributed by atoms with E-state index >= 15 is 0 Å². The average molecular weight is 221 g/mol. The van der Waals surface area contributed by atoms with Crippen molar-refractivity contribution in [1.29, 1.82) is 0 Å². The predicted molar refractivity (Wildman–Crippen MR) is 63.4 cm³/mol. The SMILES string of the molecule is Cc1nnc(NC2CCCN(C)C2)nc1C. The van der Waals surface area contributed by atoms with Crippen LogP contribution in [0.25, 0.3) is 0 Å². The average Bonchev–Trinajstić information content (AvgIpc) is 2.24. The zero-order chi connectivity index (χ0) is 11.5. The maximum absolute atomic E-state index is 4.39. The van der Waals surface area contributed by atoms with Crippen LogP contribution >= 0.6 is 0 Å². The molecule has 0 saturated carbocycles. The summed E-state index contributed by atoms with van der Waals surface area (Å²) in [6, 6.07) is 0.447. The van der Waals surface area contributed by atoms with Gasteiger partial charge in [-0.2, -0.15) is 5.10 Å². The highest BCUT2D eigenvalue weighted by Gasteiger charge is 2.17. The molecule has 16 heavy (non-hydrogen) atoms. The van der Waals surface area contributed by atoms with Gasteiger partial charge in [-0.15, -0.1) is 5.10 Å². The molecule has 88 valence electrons. The Morgan fingerprint density at radius 3 is 2.75 bits per heavy atom. The zero-order valence-corrected chi connectivity index (χ0v) is 10.2. The first-order valence-electron chi connectivity index (χ1n) is 5.78. The molecule has 5 heteroatoms. The molecule has 0 aromatic carbocycles. The Labute approximate surface area is 96.3 Å². The third-order valence-corrected chi connectivity index (χ3v) is 3.05. The third-order valence-electron chi connectivity index (χ3n) is 3.05.